The number of thiazole rings is 1. The van der Waals surface area contributed by atoms with E-state index in [4.69, 9.17) is 4.98 Å². The second-order valence-corrected chi connectivity index (χ2v) is 7.80. The number of amides is 1. The summed E-state index contributed by atoms with van der Waals surface area (Å²) in [5, 5.41) is 3.87. The summed E-state index contributed by atoms with van der Waals surface area (Å²) in [5.74, 6) is -0.0612. The molecule has 4 nitrogen and oxygen atoms in total. The molecule has 4 aromatic rings. The first-order valence-corrected chi connectivity index (χ1v) is 10.3. The summed E-state index contributed by atoms with van der Waals surface area (Å²) in [5.41, 5.74) is 4.99. The number of aryl methyl sites for hydroxylation is 1. The minimum absolute atomic E-state index is 0.0612. The van der Waals surface area contributed by atoms with Crippen LogP contribution in [0.25, 0.3) is 21.0 Å². The molecule has 5 heteroatoms. The van der Waals surface area contributed by atoms with Crippen LogP contribution < -0.4 is 5.32 Å². The number of nitrogens with one attached hydrogen (secondary N) is 1. The summed E-state index contributed by atoms with van der Waals surface area (Å²) in [6.45, 7) is 2.48. The molecule has 0 aliphatic rings. The van der Waals surface area contributed by atoms with Crippen molar-refractivity contribution in [2.45, 2.75) is 19.9 Å². The predicted octanol–water partition coefficient (Wildman–Crippen LogP) is 5.04. The third-order valence-electron chi connectivity index (χ3n) is 4.55. The molecular formula is C24H21N3OS. The first-order valence-electron chi connectivity index (χ1n) is 9.48. The third kappa shape index (κ3) is 4.76. The van der Waals surface area contributed by atoms with Gasteiger partial charge in [0.2, 0.25) is 5.91 Å². The van der Waals surface area contributed by atoms with Crippen LogP contribution in [-0.4, -0.2) is 15.9 Å². The molecule has 0 atom stereocenters. The van der Waals surface area contributed by atoms with Crippen LogP contribution in [0.1, 0.15) is 17.0 Å². The van der Waals surface area contributed by atoms with Crippen molar-refractivity contribution < 1.29 is 4.79 Å². The molecule has 2 heterocycles. The summed E-state index contributed by atoms with van der Waals surface area (Å²) in [6, 6.07) is 24.1. The summed E-state index contributed by atoms with van der Waals surface area (Å²) in [4.78, 5) is 22.7. The molecule has 1 amide bonds. The van der Waals surface area contributed by atoms with Crippen molar-refractivity contribution >= 4 is 17.2 Å². The Bertz CT molecular complexity index is 1090. The first-order chi connectivity index (χ1) is 14.2. The average molecular weight is 400 g/mol. The molecule has 0 saturated carbocycles. The molecule has 29 heavy (non-hydrogen) atoms. The van der Waals surface area contributed by atoms with Gasteiger partial charge in [0, 0.05) is 11.8 Å². The van der Waals surface area contributed by atoms with Crippen molar-refractivity contribution in [3.63, 3.8) is 0 Å². The molecule has 0 spiro atoms. The van der Waals surface area contributed by atoms with Gasteiger partial charge in [-0.3, -0.25) is 9.78 Å². The molecular weight excluding hydrogens is 378 g/mol. The fourth-order valence-electron chi connectivity index (χ4n) is 3.01. The Hall–Kier alpha value is -3.31. The van der Waals surface area contributed by atoms with Crippen molar-refractivity contribution in [3.8, 4) is 21.0 Å². The zero-order valence-electron chi connectivity index (χ0n) is 16.1. The number of carbonyl (C=O) groups is 1. The number of rotatable bonds is 6. The quantitative estimate of drug-likeness (QED) is 0.494. The largest absolute Gasteiger partial charge is 0.350 e. The van der Waals surface area contributed by atoms with Gasteiger partial charge in [-0.05, 0) is 24.6 Å². The van der Waals surface area contributed by atoms with Crippen LogP contribution in [0.3, 0.4) is 0 Å². The van der Waals surface area contributed by atoms with E-state index >= 15 is 0 Å². The molecule has 144 valence electrons. The first kappa shape index (κ1) is 19.0. The van der Waals surface area contributed by atoms with Gasteiger partial charge in [-0.15, -0.1) is 11.3 Å². The second-order valence-electron chi connectivity index (χ2n) is 6.80. The van der Waals surface area contributed by atoms with Crippen LogP contribution in [0, 0.1) is 6.92 Å². The normalized spacial score (nSPS) is 10.7. The zero-order chi connectivity index (χ0) is 20.1. The van der Waals surface area contributed by atoms with Crippen LogP contribution in [0.2, 0.25) is 0 Å². The van der Waals surface area contributed by atoms with E-state index in [9.17, 15) is 4.79 Å². The fourth-order valence-corrected chi connectivity index (χ4v) is 4.11. The fraction of sp³-hybridized carbons (Fsp3) is 0.125. The molecule has 1 N–H and O–H groups in total. The topological polar surface area (TPSA) is 54.9 Å². The Morgan fingerprint density at radius 1 is 0.931 bits per heavy atom. The summed E-state index contributed by atoms with van der Waals surface area (Å²) < 4.78 is 0. The maximum absolute atomic E-state index is 12.6. The molecule has 0 bridgehead atoms. The highest BCUT2D eigenvalue weighted by Crippen LogP contribution is 2.35. The third-order valence-corrected chi connectivity index (χ3v) is 5.75. The monoisotopic (exact) mass is 399 g/mol. The molecule has 0 unspecified atom stereocenters. The number of benzene rings is 2. The van der Waals surface area contributed by atoms with E-state index in [1.165, 1.54) is 5.56 Å². The van der Waals surface area contributed by atoms with Gasteiger partial charge in [-0.1, -0.05) is 66.2 Å². The molecule has 2 aromatic carbocycles. The Balaban J connectivity index is 1.59. The van der Waals surface area contributed by atoms with E-state index in [2.05, 4.69) is 41.5 Å². The van der Waals surface area contributed by atoms with E-state index in [0.29, 0.717) is 6.54 Å². The van der Waals surface area contributed by atoms with Crippen molar-refractivity contribution in [3.05, 3.63) is 95.9 Å². The summed E-state index contributed by atoms with van der Waals surface area (Å²) in [6.07, 6.45) is 1.96. The van der Waals surface area contributed by atoms with Crippen molar-refractivity contribution in [1.29, 1.82) is 0 Å². The van der Waals surface area contributed by atoms with Gasteiger partial charge in [0.15, 0.2) is 0 Å². The van der Waals surface area contributed by atoms with E-state index in [-0.39, 0.29) is 12.3 Å². The van der Waals surface area contributed by atoms with E-state index < -0.39 is 0 Å². The summed E-state index contributed by atoms with van der Waals surface area (Å²) >= 11 is 1.62. The highest BCUT2D eigenvalue weighted by Gasteiger charge is 2.17. The van der Waals surface area contributed by atoms with Crippen LogP contribution in [0.15, 0.2) is 79.0 Å². The van der Waals surface area contributed by atoms with Gasteiger partial charge in [-0.25, -0.2) is 4.98 Å². The highest BCUT2D eigenvalue weighted by atomic mass is 32.1. The number of hydrogen-bond donors (Lipinski definition) is 1. The van der Waals surface area contributed by atoms with Crippen molar-refractivity contribution in [2.24, 2.45) is 0 Å². The lowest BCUT2D eigenvalue weighted by Gasteiger charge is -2.05. The Kier molecular flexibility index (Phi) is 5.77. The second kappa shape index (κ2) is 8.80. The smallest absolute Gasteiger partial charge is 0.226 e. The number of hydrogen-bond acceptors (Lipinski definition) is 4. The molecule has 4 rings (SSSR count). The molecule has 2 aromatic heterocycles. The minimum atomic E-state index is -0.0612. The minimum Gasteiger partial charge on any atom is -0.350 e. The van der Waals surface area contributed by atoms with E-state index in [1.807, 2.05) is 48.5 Å². The van der Waals surface area contributed by atoms with Gasteiger partial charge in [0.25, 0.3) is 0 Å². The predicted molar refractivity (Wildman–Crippen MR) is 118 cm³/mol. The molecule has 0 aliphatic carbocycles. The molecule has 0 saturated heterocycles. The Morgan fingerprint density at radius 2 is 1.69 bits per heavy atom. The standard InChI is InChI=1S/C24H21N3OS/c1-17-10-12-18(13-11-17)23-21(27-24(29-23)19-7-3-2-4-8-19)15-22(28)26-16-20-9-5-6-14-25-20/h2-14H,15-16H2,1H3,(H,26,28). The van der Waals surface area contributed by atoms with E-state index in [0.717, 1.165) is 32.4 Å². The molecule has 0 aliphatic heterocycles. The lowest BCUT2D eigenvalue weighted by Crippen LogP contribution is -2.25. The zero-order valence-corrected chi connectivity index (χ0v) is 16.9. The molecule has 0 fully saturated rings. The van der Waals surface area contributed by atoms with Gasteiger partial charge in [0.1, 0.15) is 5.01 Å². The Morgan fingerprint density at radius 3 is 2.41 bits per heavy atom. The Labute approximate surface area is 174 Å². The van der Waals surface area contributed by atoms with Gasteiger partial charge in [-0.2, -0.15) is 0 Å². The van der Waals surface area contributed by atoms with Crippen LogP contribution >= 0.6 is 11.3 Å². The lowest BCUT2D eigenvalue weighted by atomic mass is 10.1. The number of nitrogens with zero attached hydrogens (tertiary/aromatic N) is 2. The summed E-state index contributed by atoms with van der Waals surface area (Å²) in [7, 11) is 0. The highest BCUT2D eigenvalue weighted by molar-refractivity contribution is 7.18. The lowest BCUT2D eigenvalue weighted by molar-refractivity contribution is -0.120. The van der Waals surface area contributed by atoms with Crippen molar-refractivity contribution in [2.75, 3.05) is 0 Å². The van der Waals surface area contributed by atoms with Gasteiger partial charge < -0.3 is 5.32 Å². The number of pyridine rings is 1. The maximum atomic E-state index is 12.6. The molecule has 0 radical (unpaired) electrons. The van der Waals surface area contributed by atoms with Crippen LogP contribution in [0.4, 0.5) is 0 Å². The number of aromatic nitrogens is 2. The van der Waals surface area contributed by atoms with Crippen molar-refractivity contribution in [1.82, 2.24) is 15.3 Å². The average Bonchev–Trinajstić information content (AvgIpc) is 3.18. The SMILES string of the molecule is Cc1ccc(-c2sc(-c3ccccc3)nc2CC(=O)NCc2ccccn2)cc1. The van der Waals surface area contributed by atoms with E-state index in [1.54, 1.807) is 17.5 Å². The van der Waals surface area contributed by atoms with Crippen LogP contribution in [-0.2, 0) is 17.8 Å². The van der Waals surface area contributed by atoms with Gasteiger partial charge in [0.05, 0.1) is 29.2 Å². The van der Waals surface area contributed by atoms with Gasteiger partial charge >= 0.3 is 0 Å². The van der Waals surface area contributed by atoms with Crippen LogP contribution in [0.5, 0.6) is 0 Å². The number of carbonyl (C=O) groups excluding carboxylic acids is 1. The maximum Gasteiger partial charge on any atom is 0.226 e.